The number of hydrogen-bond donors (Lipinski definition) is 4. The summed E-state index contributed by atoms with van der Waals surface area (Å²) in [6.07, 6.45) is -0.0761. The molecule has 0 radical (unpaired) electrons. The standard InChI is InChI=1S/C13H19ClN4O2/c14-8-3-1-2-7(4-8)13(9(15)5-11(17)19)10(16)6-12(18)20/h1-4,9-10,13H,5-6,15-16H2,(H2,17,19)(H2,18,20). The Morgan fingerprint density at radius 1 is 1.05 bits per heavy atom. The third kappa shape index (κ3) is 4.80. The van der Waals surface area contributed by atoms with Crippen molar-refractivity contribution in [3.63, 3.8) is 0 Å². The van der Waals surface area contributed by atoms with Gasteiger partial charge in [-0.05, 0) is 17.7 Å². The van der Waals surface area contributed by atoms with Crippen LogP contribution in [0.15, 0.2) is 24.3 Å². The van der Waals surface area contributed by atoms with Crippen molar-refractivity contribution in [3.8, 4) is 0 Å². The number of carbonyl (C=O) groups is 2. The minimum atomic E-state index is -0.611. The molecule has 8 N–H and O–H groups in total. The molecule has 7 heteroatoms. The smallest absolute Gasteiger partial charge is 0.218 e. The Hall–Kier alpha value is -1.63. The van der Waals surface area contributed by atoms with E-state index in [0.29, 0.717) is 5.02 Å². The molecule has 0 bridgehead atoms. The molecule has 0 saturated heterocycles. The van der Waals surface area contributed by atoms with E-state index in [4.69, 9.17) is 34.5 Å². The molecule has 0 aliphatic carbocycles. The highest BCUT2D eigenvalue weighted by Crippen LogP contribution is 2.27. The minimum absolute atomic E-state index is 0.0381. The average Bonchev–Trinajstić information content (AvgIpc) is 2.26. The third-order valence-corrected chi connectivity index (χ3v) is 3.26. The number of halogens is 1. The quantitative estimate of drug-likeness (QED) is 0.555. The molecule has 6 nitrogen and oxygen atoms in total. The van der Waals surface area contributed by atoms with Crippen LogP contribution in [0, 0.1) is 0 Å². The predicted molar refractivity (Wildman–Crippen MR) is 77.8 cm³/mol. The molecular weight excluding hydrogens is 280 g/mol. The molecule has 0 fully saturated rings. The van der Waals surface area contributed by atoms with Crippen LogP contribution in [-0.4, -0.2) is 23.9 Å². The second-order valence-electron chi connectivity index (χ2n) is 4.75. The first-order valence-corrected chi connectivity index (χ1v) is 6.52. The van der Waals surface area contributed by atoms with Crippen molar-refractivity contribution in [2.24, 2.45) is 22.9 Å². The predicted octanol–water partition coefficient (Wildman–Crippen LogP) is -0.171. The van der Waals surface area contributed by atoms with E-state index in [2.05, 4.69) is 0 Å². The van der Waals surface area contributed by atoms with Crippen molar-refractivity contribution in [3.05, 3.63) is 34.9 Å². The molecule has 1 rings (SSSR count). The fourth-order valence-electron chi connectivity index (χ4n) is 2.24. The zero-order chi connectivity index (χ0) is 15.3. The van der Waals surface area contributed by atoms with Gasteiger partial charge in [-0.3, -0.25) is 9.59 Å². The minimum Gasteiger partial charge on any atom is -0.370 e. The molecule has 2 unspecified atom stereocenters. The van der Waals surface area contributed by atoms with E-state index in [1.807, 2.05) is 0 Å². The number of benzene rings is 1. The highest BCUT2D eigenvalue weighted by Gasteiger charge is 2.28. The maximum atomic E-state index is 11.0. The molecule has 2 atom stereocenters. The summed E-state index contributed by atoms with van der Waals surface area (Å²) in [5.74, 6) is -1.50. The van der Waals surface area contributed by atoms with Crippen molar-refractivity contribution in [1.82, 2.24) is 0 Å². The summed E-state index contributed by atoms with van der Waals surface area (Å²) in [5, 5.41) is 0.519. The normalized spacial score (nSPS) is 15.3. The van der Waals surface area contributed by atoms with Gasteiger partial charge in [0.15, 0.2) is 0 Å². The Morgan fingerprint density at radius 2 is 1.55 bits per heavy atom. The molecular formula is C13H19ClN4O2. The number of amides is 2. The molecule has 0 spiro atoms. The van der Waals surface area contributed by atoms with E-state index >= 15 is 0 Å². The van der Waals surface area contributed by atoms with Crippen molar-refractivity contribution in [1.29, 1.82) is 0 Å². The van der Waals surface area contributed by atoms with Crippen molar-refractivity contribution in [2.45, 2.75) is 30.8 Å². The lowest BCUT2D eigenvalue weighted by Crippen LogP contribution is -2.44. The lowest BCUT2D eigenvalue weighted by Gasteiger charge is -2.28. The fourth-order valence-corrected chi connectivity index (χ4v) is 2.44. The summed E-state index contributed by atoms with van der Waals surface area (Å²) in [6, 6.07) is 5.73. The van der Waals surface area contributed by atoms with Gasteiger partial charge in [-0.2, -0.15) is 0 Å². The Bertz CT molecular complexity index is 473. The van der Waals surface area contributed by atoms with E-state index in [1.165, 1.54) is 0 Å². The number of primary amides is 2. The average molecular weight is 299 g/mol. The van der Waals surface area contributed by atoms with Crippen molar-refractivity contribution in [2.75, 3.05) is 0 Å². The molecule has 0 saturated carbocycles. The molecule has 1 aromatic rings. The van der Waals surface area contributed by atoms with Gasteiger partial charge in [0, 0.05) is 35.9 Å². The zero-order valence-corrected chi connectivity index (χ0v) is 11.7. The summed E-state index contributed by atoms with van der Waals surface area (Å²) in [4.78, 5) is 22.1. The molecule has 2 amide bonds. The van der Waals surface area contributed by atoms with E-state index < -0.39 is 29.8 Å². The number of rotatable bonds is 7. The van der Waals surface area contributed by atoms with Gasteiger partial charge in [-0.1, -0.05) is 23.7 Å². The van der Waals surface area contributed by atoms with Gasteiger partial charge in [-0.15, -0.1) is 0 Å². The van der Waals surface area contributed by atoms with Crippen LogP contribution in [0.2, 0.25) is 5.02 Å². The second-order valence-corrected chi connectivity index (χ2v) is 5.19. The molecule has 0 aliphatic rings. The topological polar surface area (TPSA) is 138 Å². The Labute approximate surface area is 122 Å². The number of carbonyl (C=O) groups excluding carboxylic acids is 2. The van der Waals surface area contributed by atoms with Crippen LogP contribution in [0.4, 0.5) is 0 Å². The summed E-state index contributed by atoms with van der Waals surface area (Å²) < 4.78 is 0. The van der Waals surface area contributed by atoms with Crippen molar-refractivity contribution >= 4 is 23.4 Å². The lowest BCUT2D eigenvalue weighted by molar-refractivity contribution is -0.118. The summed E-state index contributed by atoms with van der Waals surface area (Å²) in [6.45, 7) is 0. The van der Waals surface area contributed by atoms with Crippen LogP contribution in [0.25, 0.3) is 0 Å². The Balaban J connectivity index is 3.05. The Morgan fingerprint density at radius 3 is 1.95 bits per heavy atom. The first-order chi connectivity index (χ1) is 9.31. The molecule has 20 heavy (non-hydrogen) atoms. The van der Waals surface area contributed by atoms with Crippen molar-refractivity contribution < 1.29 is 9.59 Å². The van der Waals surface area contributed by atoms with Gasteiger partial charge in [0.1, 0.15) is 0 Å². The van der Waals surface area contributed by atoms with Gasteiger partial charge in [0.25, 0.3) is 0 Å². The fraction of sp³-hybridized carbons (Fsp3) is 0.385. The van der Waals surface area contributed by atoms with E-state index in [1.54, 1.807) is 24.3 Å². The molecule has 1 aromatic carbocycles. The summed E-state index contributed by atoms with van der Waals surface area (Å²) in [7, 11) is 0. The monoisotopic (exact) mass is 298 g/mol. The summed E-state index contributed by atoms with van der Waals surface area (Å²) >= 11 is 5.94. The zero-order valence-electron chi connectivity index (χ0n) is 11.0. The van der Waals surface area contributed by atoms with E-state index in [0.717, 1.165) is 5.56 Å². The van der Waals surface area contributed by atoms with Crippen LogP contribution in [0.3, 0.4) is 0 Å². The maximum Gasteiger partial charge on any atom is 0.218 e. The van der Waals surface area contributed by atoms with Gasteiger partial charge in [-0.25, -0.2) is 0 Å². The van der Waals surface area contributed by atoms with Gasteiger partial charge in [0.05, 0.1) is 0 Å². The van der Waals surface area contributed by atoms with Crippen LogP contribution >= 0.6 is 11.6 Å². The van der Waals surface area contributed by atoms with Crippen LogP contribution in [0.5, 0.6) is 0 Å². The van der Waals surface area contributed by atoms with Gasteiger partial charge < -0.3 is 22.9 Å². The van der Waals surface area contributed by atoms with E-state index in [-0.39, 0.29) is 12.8 Å². The van der Waals surface area contributed by atoms with E-state index in [9.17, 15) is 9.59 Å². The first kappa shape index (κ1) is 16.4. The van der Waals surface area contributed by atoms with Gasteiger partial charge in [0.2, 0.25) is 11.8 Å². The molecule has 0 aromatic heterocycles. The van der Waals surface area contributed by atoms with Gasteiger partial charge >= 0.3 is 0 Å². The maximum absolute atomic E-state index is 11.0. The van der Waals surface area contributed by atoms with Crippen LogP contribution in [-0.2, 0) is 9.59 Å². The molecule has 110 valence electrons. The number of nitrogens with two attached hydrogens (primary N) is 4. The highest BCUT2D eigenvalue weighted by atomic mass is 35.5. The third-order valence-electron chi connectivity index (χ3n) is 3.03. The molecule has 0 aliphatic heterocycles. The van der Waals surface area contributed by atoms with Crippen LogP contribution in [0.1, 0.15) is 24.3 Å². The summed E-state index contributed by atoms with van der Waals surface area (Å²) in [5.41, 5.74) is 23.1. The highest BCUT2D eigenvalue weighted by molar-refractivity contribution is 6.30. The lowest BCUT2D eigenvalue weighted by atomic mass is 9.82. The van der Waals surface area contributed by atoms with Crippen LogP contribution < -0.4 is 22.9 Å². The largest absolute Gasteiger partial charge is 0.370 e. The second kappa shape index (κ2) is 7.23. The Kier molecular flexibility index (Phi) is 5.94. The number of hydrogen-bond acceptors (Lipinski definition) is 4. The first-order valence-electron chi connectivity index (χ1n) is 6.14. The molecule has 0 heterocycles. The SMILES string of the molecule is NC(=O)CC(N)C(c1cccc(Cl)c1)C(N)CC(N)=O.